The van der Waals surface area contributed by atoms with Crippen molar-refractivity contribution in [1.29, 1.82) is 0 Å². The fourth-order valence-electron chi connectivity index (χ4n) is 3.77. The van der Waals surface area contributed by atoms with Gasteiger partial charge < -0.3 is 10.1 Å². The Kier molecular flexibility index (Phi) is 6.60. The van der Waals surface area contributed by atoms with Gasteiger partial charge in [-0.25, -0.2) is 9.18 Å². The molecule has 1 fully saturated rings. The zero-order valence-corrected chi connectivity index (χ0v) is 19.3. The standard InChI is InChI=1S/C22H22Cl2FN3O4/c1-21(2,3)32-20(31)28(13-29)11-22(12-28,18-17(25)5-4-8-26-18)10-27-19(30)15-7-6-14(23)9-16(15)24/h4-9,13H,10-12H2,1-3H3/p+1. The molecule has 0 bridgehead atoms. The number of imide groups is 1. The van der Waals surface area contributed by atoms with Gasteiger partial charge in [0.25, 0.3) is 5.91 Å². The van der Waals surface area contributed by atoms with Gasteiger partial charge in [0.15, 0.2) is 0 Å². The summed E-state index contributed by atoms with van der Waals surface area (Å²) >= 11 is 12.0. The van der Waals surface area contributed by atoms with Gasteiger partial charge in [0, 0.05) is 17.8 Å². The van der Waals surface area contributed by atoms with Crippen LogP contribution in [0.25, 0.3) is 0 Å². The Labute approximate surface area is 195 Å². The first kappa shape index (κ1) is 24.1. The fourth-order valence-corrected chi connectivity index (χ4v) is 4.27. The van der Waals surface area contributed by atoms with Gasteiger partial charge in [-0.05, 0) is 51.1 Å². The molecule has 0 unspecified atom stereocenters. The molecule has 1 aliphatic rings. The van der Waals surface area contributed by atoms with Gasteiger partial charge in [-0.3, -0.25) is 9.78 Å². The highest BCUT2D eigenvalue weighted by Gasteiger charge is 2.64. The number of nitrogens with one attached hydrogen (secondary N) is 1. The van der Waals surface area contributed by atoms with E-state index in [0.717, 1.165) is 0 Å². The van der Waals surface area contributed by atoms with Crippen LogP contribution in [0.2, 0.25) is 10.0 Å². The van der Waals surface area contributed by atoms with Gasteiger partial charge in [-0.15, -0.1) is 0 Å². The van der Waals surface area contributed by atoms with E-state index in [1.807, 2.05) is 0 Å². The number of quaternary nitrogens is 1. The first-order valence-electron chi connectivity index (χ1n) is 9.82. The van der Waals surface area contributed by atoms with Crippen molar-refractivity contribution in [3.63, 3.8) is 0 Å². The molecule has 3 amide bonds. The highest BCUT2D eigenvalue weighted by atomic mass is 35.5. The second kappa shape index (κ2) is 8.77. The second-order valence-electron chi connectivity index (χ2n) is 8.86. The van der Waals surface area contributed by atoms with Crippen molar-refractivity contribution in [3.8, 4) is 0 Å². The SMILES string of the molecule is CC(C)(C)OC(=O)[N+]1(C=O)CC(CNC(=O)c2ccc(Cl)cc2Cl)(c2ncccc2F)C1. The minimum Gasteiger partial charge on any atom is -0.414 e. The Balaban J connectivity index is 1.88. The van der Waals surface area contributed by atoms with E-state index in [1.54, 1.807) is 20.8 Å². The third-order valence-corrected chi connectivity index (χ3v) is 5.70. The normalized spacial score (nSPS) is 22.6. The number of pyridine rings is 1. The van der Waals surface area contributed by atoms with Gasteiger partial charge in [-0.1, -0.05) is 23.2 Å². The molecule has 2 aromatic rings. The lowest BCUT2D eigenvalue weighted by Crippen LogP contribution is -2.76. The highest BCUT2D eigenvalue weighted by molar-refractivity contribution is 6.36. The number of carbonyl (C=O) groups excluding carboxylic acids is 3. The van der Waals surface area contributed by atoms with Crippen molar-refractivity contribution >= 4 is 41.6 Å². The first-order valence-corrected chi connectivity index (χ1v) is 10.6. The first-order chi connectivity index (χ1) is 14.9. The van der Waals surface area contributed by atoms with Gasteiger partial charge in [-0.2, -0.15) is 9.28 Å². The van der Waals surface area contributed by atoms with Gasteiger partial charge in [0.2, 0.25) is 0 Å². The van der Waals surface area contributed by atoms with Crippen molar-refractivity contribution in [3.05, 3.63) is 63.6 Å². The summed E-state index contributed by atoms with van der Waals surface area (Å²) in [5, 5.41) is 3.26. The molecular formula is C22H23Cl2FN3O4+. The second-order valence-corrected chi connectivity index (χ2v) is 9.70. The zero-order chi connectivity index (χ0) is 23.7. The number of carbonyl (C=O) groups is 3. The van der Waals surface area contributed by atoms with Crippen LogP contribution in [-0.2, 0) is 14.9 Å². The Morgan fingerprint density at radius 1 is 1.28 bits per heavy atom. The highest BCUT2D eigenvalue weighted by Crippen LogP contribution is 2.40. The Morgan fingerprint density at radius 3 is 2.53 bits per heavy atom. The lowest BCUT2D eigenvalue weighted by molar-refractivity contribution is -0.832. The quantitative estimate of drug-likeness (QED) is 0.511. The number of halogens is 3. The van der Waals surface area contributed by atoms with Crippen LogP contribution in [0.4, 0.5) is 9.18 Å². The van der Waals surface area contributed by atoms with Crippen LogP contribution in [0.5, 0.6) is 0 Å². The van der Waals surface area contributed by atoms with E-state index in [2.05, 4.69) is 10.3 Å². The zero-order valence-electron chi connectivity index (χ0n) is 17.8. The maximum atomic E-state index is 14.7. The van der Waals surface area contributed by atoms with E-state index in [9.17, 15) is 18.8 Å². The minimum absolute atomic E-state index is 0.0571. The molecular weight excluding hydrogens is 460 g/mol. The molecule has 1 aliphatic heterocycles. The molecule has 10 heteroatoms. The monoisotopic (exact) mass is 482 g/mol. The summed E-state index contributed by atoms with van der Waals surface area (Å²) in [6.07, 6.45) is 1.15. The summed E-state index contributed by atoms with van der Waals surface area (Å²) in [5.41, 5.74) is -1.66. The molecule has 0 aliphatic carbocycles. The van der Waals surface area contributed by atoms with E-state index >= 15 is 0 Å². The van der Waals surface area contributed by atoms with Crippen LogP contribution >= 0.6 is 23.2 Å². The van der Waals surface area contributed by atoms with E-state index in [1.165, 1.54) is 36.5 Å². The summed E-state index contributed by atoms with van der Waals surface area (Å²) in [6, 6.07) is 7.11. The average molecular weight is 483 g/mol. The average Bonchev–Trinajstić information content (AvgIpc) is 2.67. The van der Waals surface area contributed by atoms with Crippen LogP contribution in [0.1, 0.15) is 36.8 Å². The summed E-state index contributed by atoms with van der Waals surface area (Å²) in [6.45, 7) is 4.76. The smallest absolute Gasteiger partial charge is 0.414 e. The number of likely N-dealkylation sites (tertiary alicyclic amines) is 1. The van der Waals surface area contributed by atoms with Crippen molar-refractivity contribution in [2.45, 2.75) is 31.8 Å². The number of hydrogen-bond donors (Lipinski definition) is 1. The molecule has 1 aromatic heterocycles. The van der Waals surface area contributed by atoms with Crippen LogP contribution in [0.15, 0.2) is 36.5 Å². The molecule has 32 heavy (non-hydrogen) atoms. The van der Waals surface area contributed by atoms with Crippen LogP contribution < -0.4 is 5.32 Å². The predicted molar refractivity (Wildman–Crippen MR) is 117 cm³/mol. The molecule has 0 saturated carbocycles. The van der Waals surface area contributed by atoms with E-state index < -0.39 is 33.3 Å². The topological polar surface area (TPSA) is 85.4 Å². The molecule has 170 valence electrons. The number of benzene rings is 1. The van der Waals surface area contributed by atoms with E-state index in [0.29, 0.717) is 11.4 Å². The van der Waals surface area contributed by atoms with Crippen molar-refractivity contribution in [1.82, 2.24) is 10.3 Å². The Morgan fingerprint density at radius 2 is 1.97 bits per heavy atom. The van der Waals surface area contributed by atoms with E-state index in [-0.39, 0.29) is 35.9 Å². The van der Waals surface area contributed by atoms with Crippen molar-refractivity contribution < 1.29 is 28.0 Å². The molecule has 0 spiro atoms. The molecule has 2 heterocycles. The summed E-state index contributed by atoms with van der Waals surface area (Å²) in [5.74, 6) is -1.10. The number of ether oxygens (including phenoxy) is 1. The lowest BCUT2D eigenvalue weighted by atomic mass is 9.74. The van der Waals surface area contributed by atoms with Gasteiger partial charge in [0.05, 0.1) is 16.3 Å². The maximum Gasteiger partial charge on any atom is 0.523 e. The Bertz CT molecular complexity index is 1070. The molecule has 7 nitrogen and oxygen atoms in total. The molecule has 1 aromatic carbocycles. The maximum absolute atomic E-state index is 14.7. The van der Waals surface area contributed by atoms with Crippen molar-refractivity contribution in [2.75, 3.05) is 19.6 Å². The number of hydrogen-bond acceptors (Lipinski definition) is 5. The van der Waals surface area contributed by atoms with Crippen LogP contribution in [0, 0.1) is 5.82 Å². The largest absolute Gasteiger partial charge is 0.523 e. The number of rotatable bonds is 5. The van der Waals surface area contributed by atoms with Crippen molar-refractivity contribution in [2.24, 2.45) is 0 Å². The van der Waals surface area contributed by atoms with Crippen LogP contribution in [0.3, 0.4) is 0 Å². The fraction of sp³-hybridized carbons (Fsp3) is 0.364. The van der Waals surface area contributed by atoms with E-state index in [4.69, 9.17) is 27.9 Å². The minimum atomic E-state index is -1.10. The Hall–Kier alpha value is -2.55. The summed E-state index contributed by atoms with van der Waals surface area (Å²) in [4.78, 5) is 41.5. The molecule has 0 radical (unpaired) electrons. The van der Waals surface area contributed by atoms with Gasteiger partial charge >= 0.3 is 12.5 Å². The summed E-state index contributed by atoms with van der Waals surface area (Å²) in [7, 11) is 0. The number of nitrogens with zero attached hydrogens (tertiary/aromatic N) is 2. The van der Waals surface area contributed by atoms with Crippen LogP contribution in [-0.4, -0.2) is 53.1 Å². The number of aromatic nitrogens is 1. The molecule has 1 saturated heterocycles. The van der Waals surface area contributed by atoms with Gasteiger partial charge in [0.1, 0.15) is 29.9 Å². The number of amides is 3. The summed E-state index contributed by atoms with van der Waals surface area (Å²) < 4.78 is 19.4. The third kappa shape index (κ3) is 4.77. The molecule has 1 N–H and O–H groups in total. The molecule has 0 atom stereocenters. The predicted octanol–water partition coefficient (Wildman–Crippen LogP) is 4.12. The lowest BCUT2D eigenvalue weighted by Gasteiger charge is -2.50. The molecule has 3 rings (SSSR count). The third-order valence-electron chi connectivity index (χ3n) is 5.15.